The average molecular weight is 485 g/mol. The van der Waals surface area contributed by atoms with Crippen molar-refractivity contribution >= 4 is 29.7 Å². The van der Waals surface area contributed by atoms with E-state index < -0.39 is 23.5 Å². The Balaban J connectivity index is 1.50. The Morgan fingerprint density at radius 2 is 1.65 bits per heavy atom. The van der Waals surface area contributed by atoms with Crippen LogP contribution in [0.15, 0.2) is 48.5 Å². The second-order valence-corrected chi connectivity index (χ2v) is 10.2. The number of benzene rings is 2. The summed E-state index contributed by atoms with van der Waals surface area (Å²) >= 11 is 1.53. The van der Waals surface area contributed by atoms with Crippen LogP contribution in [0, 0.1) is 5.41 Å². The molecule has 2 aromatic rings. The summed E-state index contributed by atoms with van der Waals surface area (Å²) in [7, 11) is 0. The predicted octanol–water partition coefficient (Wildman–Crippen LogP) is 4.26. The molecule has 0 bridgehead atoms. The van der Waals surface area contributed by atoms with Gasteiger partial charge in [-0.25, -0.2) is 9.59 Å². The number of carboxylic acid groups (broad SMARTS) is 1. The predicted molar refractivity (Wildman–Crippen MR) is 134 cm³/mol. The molecule has 0 aliphatic heterocycles. The molecule has 1 unspecified atom stereocenters. The second kappa shape index (κ2) is 11.4. The van der Waals surface area contributed by atoms with Crippen molar-refractivity contribution in [3.05, 3.63) is 59.7 Å². The lowest BCUT2D eigenvalue weighted by Gasteiger charge is -2.25. The van der Waals surface area contributed by atoms with E-state index in [1.807, 2.05) is 44.4 Å². The number of alkyl carbamates (subject to hydrolysis) is 1. The van der Waals surface area contributed by atoms with Crippen LogP contribution >= 0.6 is 11.8 Å². The molecule has 182 valence electrons. The minimum absolute atomic E-state index is 0.0221. The molecule has 0 saturated carbocycles. The maximum absolute atomic E-state index is 12.4. The molecule has 2 amide bonds. The van der Waals surface area contributed by atoms with Gasteiger partial charge in [-0.2, -0.15) is 11.8 Å². The quantitative estimate of drug-likeness (QED) is 0.440. The number of ether oxygens (including phenoxy) is 1. The Morgan fingerprint density at radius 1 is 1.06 bits per heavy atom. The zero-order valence-electron chi connectivity index (χ0n) is 19.8. The van der Waals surface area contributed by atoms with Gasteiger partial charge in [0.15, 0.2) is 0 Å². The number of carboxylic acids is 1. The highest BCUT2D eigenvalue weighted by Gasteiger charge is 2.30. The van der Waals surface area contributed by atoms with Crippen LogP contribution in [-0.4, -0.2) is 54.3 Å². The van der Waals surface area contributed by atoms with Gasteiger partial charge in [-0.05, 0) is 46.1 Å². The standard InChI is InChI=1S/C26H32N2O5S/c1-26(2,14-23(29)28-22(24(30)31)12-13-34-3)16-27-25(32)33-15-21-19-10-6-4-8-17(19)18-9-5-7-11-20(18)21/h4-11,21-22H,12-16H2,1-3H3,(H,27,32)(H,28,29)(H,30,31). The van der Waals surface area contributed by atoms with Gasteiger partial charge in [0, 0.05) is 18.9 Å². The maximum atomic E-state index is 12.4. The number of hydrogen-bond donors (Lipinski definition) is 3. The molecule has 34 heavy (non-hydrogen) atoms. The van der Waals surface area contributed by atoms with Crippen LogP contribution in [0.4, 0.5) is 4.79 Å². The molecule has 0 spiro atoms. The number of rotatable bonds is 11. The van der Waals surface area contributed by atoms with Crippen molar-refractivity contribution in [2.75, 3.05) is 25.2 Å². The fraction of sp³-hybridized carbons (Fsp3) is 0.423. The van der Waals surface area contributed by atoms with Crippen LogP contribution in [0.2, 0.25) is 0 Å². The number of thioether (sulfide) groups is 1. The smallest absolute Gasteiger partial charge is 0.407 e. The number of fused-ring (bicyclic) bond motifs is 3. The summed E-state index contributed by atoms with van der Waals surface area (Å²) in [6.45, 7) is 4.12. The fourth-order valence-corrected chi connectivity index (χ4v) is 4.67. The summed E-state index contributed by atoms with van der Waals surface area (Å²) in [5.41, 5.74) is 4.04. The summed E-state index contributed by atoms with van der Waals surface area (Å²) in [5, 5.41) is 14.6. The van der Waals surface area contributed by atoms with E-state index in [1.165, 1.54) is 11.8 Å². The molecule has 0 saturated heterocycles. The zero-order valence-corrected chi connectivity index (χ0v) is 20.6. The number of amides is 2. The van der Waals surface area contributed by atoms with E-state index in [-0.39, 0.29) is 31.4 Å². The van der Waals surface area contributed by atoms with E-state index in [0.717, 1.165) is 22.3 Å². The Labute approximate surface area is 204 Å². The van der Waals surface area contributed by atoms with Gasteiger partial charge in [-0.3, -0.25) is 4.79 Å². The summed E-state index contributed by atoms with van der Waals surface area (Å²) < 4.78 is 5.55. The van der Waals surface area contributed by atoms with Gasteiger partial charge < -0.3 is 20.5 Å². The highest BCUT2D eigenvalue weighted by Crippen LogP contribution is 2.44. The molecule has 0 fully saturated rings. The van der Waals surface area contributed by atoms with Crippen LogP contribution < -0.4 is 10.6 Å². The molecule has 7 nitrogen and oxygen atoms in total. The maximum Gasteiger partial charge on any atom is 0.407 e. The van der Waals surface area contributed by atoms with Crippen LogP contribution in [0.1, 0.15) is 43.7 Å². The fourth-order valence-electron chi connectivity index (χ4n) is 4.20. The van der Waals surface area contributed by atoms with Crippen LogP contribution in [-0.2, 0) is 14.3 Å². The molecular weight excluding hydrogens is 452 g/mol. The molecule has 3 N–H and O–H groups in total. The van der Waals surface area contributed by atoms with E-state index >= 15 is 0 Å². The van der Waals surface area contributed by atoms with Gasteiger partial charge in [-0.1, -0.05) is 62.4 Å². The van der Waals surface area contributed by atoms with Crippen molar-refractivity contribution in [2.24, 2.45) is 5.41 Å². The van der Waals surface area contributed by atoms with Crippen molar-refractivity contribution in [3.8, 4) is 11.1 Å². The molecule has 3 rings (SSSR count). The first-order chi connectivity index (χ1) is 16.2. The van der Waals surface area contributed by atoms with Gasteiger partial charge >= 0.3 is 12.1 Å². The lowest BCUT2D eigenvalue weighted by atomic mass is 9.89. The highest BCUT2D eigenvalue weighted by atomic mass is 32.2. The number of carbonyl (C=O) groups excluding carboxylic acids is 2. The van der Waals surface area contributed by atoms with E-state index in [9.17, 15) is 19.5 Å². The Hall–Kier alpha value is -3.00. The highest BCUT2D eigenvalue weighted by molar-refractivity contribution is 7.98. The van der Waals surface area contributed by atoms with Gasteiger partial charge in [0.25, 0.3) is 0 Å². The second-order valence-electron chi connectivity index (χ2n) is 9.26. The van der Waals surface area contributed by atoms with E-state index in [2.05, 4.69) is 34.9 Å². The third-order valence-corrected chi connectivity index (χ3v) is 6.58. The number of hydrogen-bond acceptors (Lipinski definition) is 5. The minimum atomic E-state index is -1.04. The summed E-state index contributed by atoms with van der Waals surface area (Å²) in [5.74, 6) is -0.778. The monoisotopic (exact) mass is 484 g/mol. The van der Waals surface area contributed by atoms with E-state index in [4.69, 9.17) is 4.74 Å². The topological polar surface area (TPSA) is 105 Å². The molecular formula is C26H32N2O5S. The summed E-state index contributed by atoms with van der Waals surface area (Å²) in [4.78, 5) is 36.2. The first-order valence-corrected chi connectivity index (χ1v) is 12.7. The first kappa shape index (κ1) is 25.6. The van der Waals surface area contributed by atoms with Crippen LogP contribution in [0.25, 0.3) is 11.1 Å². The molecule has 8 heteroatoms. The third kappa shape index (κ3) is 6.53. The van der Waals surface area contributed by atoms with E-state index in [0.29, 0.717) is 12.2 Å². The van der Waals surface area contributed by atoms with Crippen molar-refractivity contribution in [3.63, 3.8) is 0 Å². The van der Waals surface area contributed by atoms with Crippen LogP contribution in [0.3, 0.4) is 0 Å². The molecule has 0 radical (unpaired) electrons. The average Bonchev–Trinajstić information content (AvgIpc) is 3.12. The lowest BCUT2D eigenvalue weighted by Crippen LogP contribution is -2.44. The molecule has 2 aromatic carbocycles. The summed E-state index contributed by atoms with van der Waals surface area (Å²) in [6, 6.07) is 15.4. The van der Waals surface area contributed by atoms with Gasteiger partial charge in [0.05, 0.1) is 0 Å². The Morgan fingerprint density at radius 3 is 2.21 bits per heavy atom. The Bertz CT molecular complexity index is 994. The van der Waals surface area contributed by atoms with E-state index in [1.54, 1.807) is 0 Å². The van der Waals surface area contributed by atoms with Crippen molar-refractivity contribution in [1.29, 1.82) is 0 Å². The molecule has 1 aliphatic rings. The number of nitrogens with one attached hydrogen (secondary N) is 2. The van der Waals surface area contributed by atoms with Gasteiger partial charge in [0.2, 0.25) is 5.91 Å². The lowest BCUT2D eigenvalue weighted by molar-refractivity contribution is -0.142. The Kier molecular flexibility index (Phi) is 8.61. The van der Waals surface area contributed by atoms with Crippen LogP contribution in [0.5, 0.6) is 0 Å². The minimum Gasteiger partial charge on any atom is -0.480 e. The largest absolute Gasteiger partial charge is 0.480 e. The first-order valence-electron chi connectivity index (χ1n) is 11.3. The van der Waals surface area contributed by atoms with Crippen molar-refractivity contribution in [1.82, 2.24) is 10.6 Å². The van der Waals surface area contributed by atoms with Crippen molar-refractivity contribution in [2.45, 2.75) is 38.6 Å². The molecule has 0 aromatic heterocycles. The third-order valence-electron chi connectivity index (χ3n) is 5.94. The zero-order chi connectivity index (χ0) is 24.7. The number of carbonyl (C=O) groups is 3. The number of aliphatic carboxylic acids is 1. The van der Waals surface area contributed by atoms with Crippen molar-refractivity contribution < 1.29 is 24.2 Å². The summed E-state index contributed by atoms with van der Waals surface area (Å²) in [6.07, 6.45) is 1.79. The molecule has 1 aliphatic carbocycles. The molecule has 1 atom stereocenters. The normalized spacial score (nSPS) is 13.5. The van der Waals surface area contributed by atoms with Gasteiger partial charge in [0.1, 0.15) is 12.6 Å². The van der Waals surface area contributed by atoms with Gasteiger partial charge in [-0.15, -0.1) is 0 Å². The SMILES string of the molecule is CSCCC(NC(=O)CC(C)(C)CNC(=O)OCC1c2ccccc2-c2ccccc21)C(=O)O. The molecule has 0 heterocycles.